The zero-order valence-electron chi connectivity index (χ0n) is 14.0. The Hall–Kier alpha value is -1.39. The lowest BCUT2D eigenvalue weighted by molar-refractivity contribution is -0.126. The van der Waals surface area contributed by atoms with Gasteiger partial charge in [-0.3, -0.25) is 9.69 Å². The largest absolute Gasteiger partial charge is 0.350 e. The molecule has 22 heavy (non-hydrogen) atoms. The molecule has 1 heterocycles. The molecule has 1 aliphatic rings. The van der Waals surface area contributed by atoms with Crippen LogP contribution in [0.3, 0.4) is 0 Å². The zero-order valence-corrected chi connectivity index (χ0v) is 14.0. The lowest BCUT2D eigenvalue weighted by atomic mass is 9.96. The lowest BCUT2D eigenvalue weighted by Gasteiger charge is -2.25. The fraction of sp³-hybridized carbons (Fsp3) is 0.611. The quantitative estimate of drug-likeness (QED) is 0.847. The van der Waals surface area contributed by atoms with Crippen molar-refractivity contribution in [1.29, 1.82) is 0 Å². The molecule has 1 amide bonds. The first-order valence-corrected chi connectivity index (χ1v) is 8.30. The maximum absolute atomic E-state index is 12.3. The Morgan fingerprint density at radius 2 is 2.09 bits per heavy atom. The van der Waals surface area contributed by atoms with Crippen molar-refractivity contribution >= 4 is 5.91 Å². The minimum Gasteiger partial charge on any atom is -0.350 e. The van der Waals surface area contributed by atoms with E-state index in [1.807, 2.05) is 13.0 Å². The Morgan fingerprint density at radius 1 is 1.41 bits per heavy atom. The summed E-state index contributed by atoms with van der Waals surface area (Å²) in [7, 11) is 0. The molecule has 0 bridgehead atoms. The molecule has 1 aliphatic heterocycles. The summed E-state index contributed by atoms with van der Waals surface area (Å²) in [6.07, 6.45) is 2.62. The SMILES string of the molecule is CCCC(C)(N)C(=O)NC1CC(C)N(Cc2ccccc2)C1. The van der Waals surface area contributed by atoms with Crippen molar-refractivity contribution in [2.45, 2.75) is 64.2 Å². The summed E-state index contributed by atoms with van der Waals surface area (Å²) < 4.78 is 0. The molecule has 1 aromatic carbocycles. The molecular weight excluding hydrogens is 274 g/mol. The first-order chi connectivity index (χ1) is 10.4. The molecule has 3 N–H and O–H groups in total. The van der Waals surface area contributed by atoms with Gasteiger partial charge >= 0.3 is 0 Å². The molecule has 122 valence electrons. The van der Waals surface area contributed by atoms with E-state index in [-0.39, 0.29) is 11.9 Å². The average Bonchev–Trinajstić information content (AvgIpc) is 2.80. The third kappa shape index (κ3) is 4.31. The van der Waals surface area contributed by atoms with Crippen molar-refractivity contribution in [3.63, 3.8) is 0 Å². The van der Waals surface area contributed by atoms with Crippen LogP contribution in [0.2, 0.25) is 0 Å². The van der Waals surface area contributed by atoms with Gasteiger partial charge in [0.2, 0.25) is 5.91 Å². The van der Waals surface area contributed by atoms with Crippen LogP contribution in [0.5, 0.6) is 0 Å². The van der Waals surface area contributed by atoms with Crippen molar-refractivity contribution in [3.8, 4) is 0 Å². The van der Waals surface area contributed by atoms with Gasteiger partial charge in [0, 0.05) is 25.2 Å². The van der Waals surface area contributed by atoms with E-state index in [0.717, 1.165) is 32.4 Å². The zero-order chi connectivity index (χ0) is 16.2. The molecule has 3 atom stereocenters. The Balaban J connectivity index is 1.89. The lowest BCUT2D eigenvalue weighted by Crippen LogP contribution is -2.54. The molecule has 4 heteroatoms. The molecule has 2 rings (SSSR count). The van der Waals surface area contributed by atoms with Gasteiger partial charge in [0.25, 0.3) is 0 Å². The van der Waals surface area contributed by atoms with Gasteiger partial charge in [-0.1, -0.05) is 43.7 Å². The second-order valence-electron chi connectivity index (χ2n) is 6.84. The second kappa shape index (κ2) is 7.25. The maximum Gasteiger partial charge on any atom is 0.240 e. The highest BCUT2D eigenvalue weighted by atomic mass is 16.2. The van der Waals surface area contributed by atoms with Gasteiger partial charge in [-0.2, -0.15) is 0 Å². The van der Waals surface area contributed by atoms with E-state index in [1.54, 1.807) is 0 Å². The van der Waals surface area contributed by atoms with Crippen LogP contribution in [0, 0.1) is 0 Å². The van der Waals surface area contributed by atoms with Crippen molar-refractivity contribution < 1.29 is 4.79 Å². The van der Waals surface area contributed by atoms with Crippen LogP contribution < -0.4 is 11.1 Å². The number of benzene rings is 1. The van der Waals surface area contributed by atoms with E-state index in [9.17, 15) is 4.79 Å². The van der Waals surface area contributed by atoms with Crippen LogP contribution in [0.4, 0.5) is 0 Å². The molecular formula is C18H29N3O. The Bertz CT molecular complexity index is 486. The highest BCUT2D eigenvalue weighted by Gasteiger charge is 2.34. The molecule has 0 aromatic heterocycles. The second-order valence-corrected chi connectivity index (χ2v) is 6.84. The molecule has 0 radical (unpaired) electrons. The fourth-order valence-corrected chi connectivity index (χ4v) is 3.22. The molecule has 0 saturated carbocycles. The Kier molecular flexibility index (Phi) is 5.59. The molecule has 1 saturated heterocycles. The number of amides is 1. The van der Waals surface area contributed by atoms with Gasteiger partial charge < -0.3 is 11.1 Å². The van der Waals surface area contributed by atoms with Crippen molar-refractivity contribution in [2.24, 2.45) is 5.73 Å². The molecule has 0 aliphatic carbocycles. The number of carbonyl (C=O) groups is 1. The average molecular weight is 303 g/mol. The highest BCUT2D eigenvalue weighted by molar-refractivity contribution is 5.85. The monoisotopic (exact) mass is 303 g/mol. The van der Waals surface area contributed by atoms with Gasteiger partial charge in [-0.15, -0.1) is 0 Å². The van der Waals surface area contributed by atoms with E-state index in [1.165, 1.54) is 5.56 Å². The first kappa shape index (κ1) is 17.0. The number of hydrogen-bond acceptors (Lipinski definition) is 3. The van der Waals surface area contributed by atoms with Gasteiger partial charge in [-0.25, -0.2) is 0 Å². The van der Waals surface area contributed by atoms with E-state index in [0.29, 0.717) is 6.04 Å². The predicted molar refractivity (Wildman–Crippen MR) is 90.4 cm³/mol. The van der Waals surface area contributed by atoms with Crippen LogP contribution in [-0.2, 0) is 11.3 Å². The van der Waals surface area contributed by atoms with Gasteiger partial charge in [0.1, 0.15) is 0 Å². The van der Waals surface area contributed by atoms with E-state index in [2.05, 4.69) is 48.3 Å². The number of nitrogens with one attached hydrogen (secondary N) is 1. The number of hydrogen-bond donors (Lipinski definition) is 2. The fourth-order valence-electron chi connectivity index (χ4n) is 3.22. The molecule has 4 nitrogen and oxygen atoms in total. The number of rotatable bonds is 6. The molecule has 3 unspecified atom stereocenters. The summed E-state index contributed by atoms with van der Waals surface area (Å²) >= 11 is 0. The van der Waals surface area contributed by atoms with Crippen LogP contribution >= 0.6 is 0 Å². The number of likely N-dealkylation sites (tertiary alicyclic amines) is 1. The summed E-state index contributed by atoms with van der Waals surface area (Å²) in [5, 5.41) is 3.14. The summed E-state index contributed by atoms with van der Waals surface area (Å²) in [4.78, 5) is 14.8. The first-order valence-electron chi connectivity index (χ1n) is 8.30. The number of nitrogens with zero attached hydrogens (tertiary/aromatic N) is 1. The van der Waals surface area contributed by atoms with Crippen LogP contribution in [0.15, 0.2) is 30.3 Å². The van der Waals surface area contributed by atoms with E-state index in [4.69, 9.17) is 5.73 Å². The topological polar surface area (TPSA) is 58.4 Å². The minimum absolute atomic E-state index is 0.0203. The summed E-state index contributed by atoms with van der Waals surface area (Å²) in [5.74, 6) is -0.0203. The molecule has 1 aromatic rings. The number of nitrogens with two attached hydrogens (primary N) is 1. The third-order valence-corrected chi connectivity index (χ3v) is 4.56. The van der Waals surface area contributed by atoms with Crippen molar-refractivity contribution in [1.82, 2.24) is 10.2 Å². The predicted octanol–water partition coefficient (Wildman–Crippen LogP) is 2.28. The molecule has 0 spiro atoms. The summed E-state index contributed by atoms with van der Waals surface area (Å²) in [5.41, 5.74) is 6.67. The Morgan fingerprint density at radius 3 is 2.73 bits per heavy atom. The van der Waals surface area contributed by atoms with E-state index < -0.39 is 5.54 Å². The third-order valence-electron chi connectivity index (χ3n) is 4.56. The smallest absolute Gasteiger partial charge is 0.240 e. The summed E-state index contributed by atoms with van der Waals surface area (Å²) in [6, 6.07) is 11.1. The summed E-state index contributed by atoms with van der Waals surface area (Å²) in [6.45, 7) is 7.93. The van der Waals surface area contributed by atoms with Crippen molar-refractivity contribution in [3.05, 3.63) is 35.9 Å². The maximum atomic E-state index is 12.3. The normalized spacial score (nSPS) is 24.9. The van der Waals surface area contributed by atoms with Crippen LogP contribution in [0.25, 0.3) is 0 Å². The number of carbonyl (C=O) groups excluding carboxylic acids is 1. The van der Waals surface area contributed by atoms with Crippen LogP contribution in [0.1, 0.15) is 45.6 Å². The molecule has 1 fully saturated rings. The van der Waals surface area contributed by atoms with Gasteiger partial charge in [0.05, 0.1) is 5.54 Å². The van der Waals surface area contributed by atoms with Gasteiger partial charge in [-0.05, 0) is 32.3 Å². The highest BCUT2D eigenvalue weighted by Crippen LogP contribution is 2.21. The minimum atomic E-state index is -0.759. The standard InChI is InChI=1S/C18H29N3O/c1-4-10-18(3,19)17(22)20-16-11-14(2)21(13-16)12-15-8-6-5-7-9-15/h5-9,14,16H,4,10-13,19H2,1-3H3,(H,20,22). The Labute approximate surface area is 134 Å². The van der Waals surface area contributed by atoms with Gasteiger partial charge in [0.15, 0.2) is 0 Å². The van der Waals surface area contributed by atoms with E-state index >= 15 is 0 Å². The van der Waals surface area contributed by atoms with Crippen molar-refractivity contribution in [2.75, 3.05) is 6.54 Å². The van der Waals surface area contributed by atoms with Crippen LogP contribution in [-0.4, -0.2) is 35.0 Å².